The summed E-state index contributed by atoms with van der Waals surface area (Å²) in [4.78, 5) is 11.3. The quantitative estimate of drug-likeness (QED) is 0.438. The zero-order valence-corrected chi connectivity index (χ0v) is 7.54. The topological polar surface area (TPSA) is 26.3 Å². The molecule has 0 N–H and O–H groups in total. The summed E-state index contributed by atoms with van der Waals surface area (Å²) in [5, 5.41) is 0. The molecule has 66 valence electrons. The molecule has 2 heteroatoms. The van der Waals surface area contributed by atoms with Crippen LogP contribution in [0.25, 0.3) is 0 Å². The maximum Gasteiger partial charge on any atom is 0.309 e. The van der Waals surface area contributed by atoms with E-state index in [0.717, 1.165) is 6.42 Å². The molecule has 2 bridgehead atoms. The Morgan fingerprint density at radius 2 is 2.33 bits per heavy atom. The Kier molecular flexibility index (Phi) is 1.71. The van der Waals surface area contributed by atoms with Gasteiger partial charge in [0, 0.05) is 0 Å². The molecular weight excluding hydrogens is 152 g/mol. The van der Waals surface area contributed by atoms with Gasteiger partial charge < -0.3 is 4.74 Å². The third kappa shape index (κ3) is 0.977. The van der Waals surface area contributed by atoms with Crippen LogP contribution in [0, 0.1) is 17.8 Å². The Bertz CT molecular complexity index is 242. The van der Waals surface area contributed by atoms with Crippen molar-refractivity contribution in [3.8, 4) is 0 Å². The average molecular weight is 166 g/mol. The minimum atomic E-state index is -0.0220. The van der Waals surface area contributed by atoms with E-state index in [1.165, 1.54) is 19.1 Å². The summed E-state index contributed by atoms with van der Waals surface area (Å²) in [6.45, 7) is 2.16. The minimum absolute atomic E-state index is 0.0220. The molecule has 1 fully saturated rings. The van der Waals surface area contributed by atoms with Gasteiger partial charge in [0.1, 0.15) is 0 Å². The second-order valence-corrected chi connectivity index (χ2v) is 3.87. The summed E-state index contributed by atoms with van der Waals surface area (Å²) in [6, 6.07) is 0. The van der Waals surface area contributed by atoms with E-state index in [0.29, 0.717) is 11.8 Å². The molecule has 0 aliphatic heterocycles. The van der Waals surface area contributed by atoms with E-state index < -0.39 is 0 Å². The largest absolute Gasteiger partial charge is 0.469 e. The summed E-state index contributed by atoms with van der Waals surface area (Å²) in [6.07, 6.45) is 4.43. The van der Waals surface area contributed by atoms with Crippen LogP contribution in [0.15, 0.2) is 11.6 Å². The number of ether oxygens (including phenoxy) is 1. The smallest absolute Gasteiger partial charge is 0.309 e. The van der Waals surface area contributed by atoms with Crippen molar-refractivity contribution in [2.75, 3.05) is 7.11 Å². The van der Waals surface area contributed by atoms with E-state index in [4.69, 9.17) is 4.74 Å². The van der Waals surface area contributed by atoms with Crippen molar-refractivity contribution >= 4 is 5.97 Å². The molecule has 0 radical (unpaired) electrons. The lowest BCUT2D eigenvalue weighted by Crippen LogP contribution is -2.20. The van der Waals surface area contributed by atoms with Crippen LogP contribution in [-0.2, 0) is 9.53 Å². The summed E-state index contributed by atoms with van der Waals surface area (Å²) in [5.41, 5.74) is 1.47. The van der Waals surface area contributed by atoms with Gasteiger partial charge in [-0.05, 0) is 31.6 Å². The standard InChI is InChI=1S/C10H14O2/c1-6-3-8-4-7(6)5-9(8)10(11)12-2/h3,7-9H,4-5H2,1-2H3. The molecule has 2 aliphatic carbocycles. The second-order valence-electron chi connectivity index (χ2n) is 3.87. The maximum atomic E-state index is 11.3. The number of carbonyl (C=O) groups is 1. The Morgan fingerprint density at radius 3 is 2.75 bits per heavy atom. The van der Waals surface area contributed by atoms with Crippen LogP contribution in [0.1, 0.15) is 19.8 Å². The fourth-order valence-corrected chi connectivity index (χ4v) is 2.52. The van der Waals surface area contributed by atoms with Gasteiger partial charge >= 0.3 is 5.97 Å². The predicted molar refractivity (Wildman–Crippen MR) is 45.5 cm³/mol. The van der Waals surface area contributed by atoms with Crippen LogP contribution in [0.2, 0.25) is 0 Å². The Hall–Kier alpha value is -0.790. The number of methoxy groups -OCH3 is 1. The number of carbonyl (C=O) groups excluding carboxylic acids is 1. The van der Waals surface area contributed by atoms with Gasteiger partial charge in [0.05, 0.1) is 13.0 Å². The van der Waals surface area contributed by atoms with Crippen molar-refractivity contribution in [2.24, 2.45) is 17.8 Å². The first-order valence-electron chi connectivity index (χ1n) is 4.48. The predicted octanol–water partition coefficient (Wildman–Crippen LogP) is 1.76. The van der Waals surface area contributed by atoms with Crippen molar-refractivity contribution in [3.05, 3.63) is 11.6 Å². The van der Waals surface area contributed by atoms with Crippen LogP contribution >= 0.6 is 0 Å². The first-order valence-corrected chi connectivity index (χ1v) is 4.48. The van der Waals surface area contributed by atoms with Crippen LogP contribution in [0.5, 0.6) is 0 Å². The summed E-state index contributed by atoms with van der Waals surface area (Å²) >= 11 is 0. The molecule has 12 heavy (non-hydrogen) atoms. The van der Waals surface area contributed by atoms with Crippen molar-refractivity contribution in [1.29, 1.82) is 0 Å². The number of esters is 1. The molecule has 3 unspecified atom stereocenters. The van der Waals surface area contributed by atoms with E-state index in [9.17, 15) is 4.79 Å². The van der Waals surface area contributed by atoms with Gasteiger partial charge in [-0.15, -0.1) is 0 Å². The number of allylic oxidation sites excluding steroid dienone is 2. The number of hydrogen-bond donors (Lipinski definition) is 0. The average Bonchev–Trinajstić information content (AvgIpc) is 2.60. The van der Waals surface area contributed by atoms with Gasteiger partial charge in [-0.3, -0.25) is 4.79 Å². The molecular formula is C10H14O2. The van der Waals surface area contributed by atoms with Crippen molar-refractivity contribution in [1.82, 2.24) is 0 Å². The van der Waals surface area contributed by atoms with E-state index in [1.807, 2.05) is 0 Å². The van der Waals surface area contributed by atoms with Crippen molar-refractivity contribution < 1.29 is 9.53 Å². The lowest BCUT2D eigenvalue weighted by Gasteiger charge is -2.16. The first-order chi connectivity index (χ1) is 5.72. The zero-order valence-electron chi connectivity index (χ0n) is 7.54. The van der Waals surface area contributed by atoms with Gasteiger partial charge in [0.15, 0.2) is 0 Å². The fraction of sp³-hybridized carbons (Fsp3) is 0.700. The summed E-state index contributed by atoms with van der Waals surface area (Å²) in [7, 11) is 1.48. The van der Waals surface area contributed by atoms with E-state index in [-0.39, 0.29) is 11.9 Å². The lowest BCUT2D eigenvalue weighted by molar-refractivity contribution is -0.146. The second kappa shape index (κ2) is 2.61. The number of hydrogen-bond acceptors (Lipinski definition) is 2. The van der Waals surface area contributed by atoms with E-state index >= 15 is 0 Å². The molecule has 0 aromatic heterocycles. The van der Waals surface area contributed by atoms with Gasteiger partial charge in [0.25, 0.3) is 0 Å². The van der Waals surface area contributed by atoms with Gasteiger partial charge in [-0.25, -0.2) is 0 Å². The van der Waals surface area contributed by atoms with E-state index in [1.54, 1.807) is 0 Å². The summed E-state index contributed by atoms with van der Waals surface area (Å²) < 4.78 is 4.75. The van der Waals surface area contributed by atoms with Gasteiger partial charge in [-0.1, -0.05) is 11.6 Å². The molecule has 2 rings (SSSR count). The third-order valence-electron chi connectivity index (χ3n) is 3.24. The van der Waals surface area contributed by atoms with Crippen molar-refractivity contribution in [3.63, 3.8) is 0 Å². The maximum absolute atomic E-state index is 11.3. The highest BCUT2D eigenvalue weighted by molar-refractivity contribution is 5.74. The molecule has 0 amide bonds. The lowest BCUT2D eigenvalue weighted by atomic mass is 9.90. The van der Waals surface area contributed by atoms with E-state index in [2.05, 4.69) is 13.0 Å². The zero-order chi connectivity index (χ0) is 8.72. The molecule has 1 saturated carbocycles. The highest BCUT2D eigenvalue weighted by Crippen LogP contribution is 2.47. The third-order valence-corrected chi connectivity index (χ3v) is 3.24. The highest BCUT2D eigenvalue weighted by Gasteiger charge is 2.42. The highest BCUT2D eigenvalue weighted by atomic mass is 16.5. The normalized spacial score (nSPS) is 38.2. The molecule has 2 aliphatic rings. The van der Waals surface area contributed by atoms with Crippen LogP contribution < -0.4 is 0 Å². The summed E-state index contributed by atoms with van der Waals surface area (Å²) in [5.74, 6) is 1.27. The van der Waals surface area contributed by atoms with Gasteiger partial charge in [0.2, 0.25) is 0 Å². The molecule has 0 heterocycles. The number of fused-ring (bicyclic) bond motifs is 2. The monoisotopic (exact) mass is 166 g/mol. The number of rotatable bonds is 1. The van der Waals surface area contributed by atoms with Gasteiger partial charge in [-0.2, -0.15) is 0 Å². The Labute approximate surface area is 72.6 Å². The van der Waals surface area contributed by atoms with Crippen LogP contribution in [0.4, 0.5) is 0 Å². The molecule has 0 aromatic rings. The fourth-order valence-electron chi connectivity index (χ4n) is 2.52. The SMILES string of the molecule is COC(=O)C1CC2CC1C=C2C. The molecule has 0 saturated heterocycles. The molecule has 3 atom stereocenters. The molecule has 0 aromatic carbocycles. The van der Waals surface area contributed by atoms with Crippen LogP contribution in [0.3, 0.4) is 0 Å². The van der Waals surface area contributed by atoms with Crippen LogP contribution in [-0.4, -0.2) is 13.1 Å². The molecule has 2 nitrogen and oxygen atoms in total. The Balaban J connectivity index is 2.12. The molecule has 0 spiro atoms. The Morgan fingerprint density at radius 1 is 1.58 bits per heavy atom. The minimum Gasteiger partial charge on any atom is -0.469 e. The van der Waals surface area contributed by atoms with Crippen molar-refractivity contribution in [2.45, 2.75) is 19.8 Å². The first kappa shape index (κ1) is 7.84.